The fourth-order valence-corrected chi connectivity index (χ4v) is 5.33. The molecule has 1 saturated heterocycles. The smallest absolute Gasteiger partial charge is 0.307 e. The van der Waals surface area contributed by atoms with Gasteiger partial charge in [-0.3, -0.25) is 9.48 Å². The molecule has 0 N–H and O–H groups in total. The molecule has 0 aromatic carbocycles. The first kappa shape index (κ1) is 18.2. The SMILES string of the molecule is CCOC(=O)CC1CCCCN1S(=O)(=O)c1c(C)nn(C)c1Cl. The lowest BCUT2D eigenvalue weighted by Crippen LogP contribution is -2.45. The molecule has 1 aliphatic rings. The van der Waals surface area contributed by atoms with Gasteiger partial charge >= 0.3 is 5.97 Å². The molecule has 1 unspecified atom stereocenters. The van der Waals surface area contributed by atoms with Crippen molar-refractivity contribution in [3.8, 4) is 0 Å². The Labute approximate surface area is 141 Å². The molecule has 0 spiro atoms. The van der Waals surface area contributed by atoms with E-state index >= 15 is 0 Å². The largest absolute Gasteiger partial charge is 0.466 e. The second-order valence-electron chi connectivity index (χ2n) is 5.60. The van der Waals surface area contributed by atoms with Crippen LogP contribution in [0, 0.1) is 6.92 Å². The van der Waals surface area contributed by atoms with Gasteiger partial charge in [0.2, 0.25) is 10.0 Å². The summed E-state index contributed by atoms with van der Waals surface area (Å²) in [5, 5.41) is 4.16. The number of rotatable bonds is 5. The van der Waals surface area contributed by atoms with Crippen molar-refractivity contribution in [2.75, 3.05) is 13.2 Å². The Kier molecular flexibility index (Phi) is 5.70. The number of hydrogen-bond donors (Lipinski definition) is 0. The lowest BCUT2D eigenvalue weighted by molar-refractivity contribution is -0.144. The Morgan fingerprint density at radius 1 is 1.43 bits per heavy atom. The maximum Gasteiger partial charge on any atom is 0.307 e. The molecule has 7 nitrogen and oxygen atoms in total. The molecular formula is C14H22ClN3O4S. The van der Waals surface area contributed by atoms with E-state index in [4.69, 9.17) is 16.3 Å². The number of aryl methyl sites for hydroxylation is 2. The minimum atomic E-state index is -3.80. The third-order valence-corrected chi connectivity index (χ3v) is 6.60. The molecule has 0 aliphatic carbocycles. The van der Waals surface area contributed by atoms with E-state index < -0.39 is 16.1 Å². The number of nitrogens with zero attached hydrogens (tertiary/aromatic N) is 3. The van der Waals surface area contributed by atoms with Crippen LogP contribution in [-0.2, 0) is 26.6 Å². The van der Waals surface area contributed by atoms with Gasteiger partial charge in [-0.2, -0.15) is 9.40 Å². The molecule has 2 rings (SSSR count). The first-order valence-electron chi connectivity index (χ1n) is 7.65. The van der Waals surface area contributed by atoms with Crippen LogP contribution in [-0.4, -0.2) is 47.7 Å². The lowest BCUT2D eigenvalue weighted by Gasteiger charge is -2.34. The Morgan fingerprint density at radius 3 is 2.70 bits per heavy atom. The van der Waals surface area contributed by atoms with Crippen LogP contribution in [0.4, 0.5) is 0 Å². The minimum Gasteiger partial charge on any atom is -0.466 e. The molecule has 2 heterocycles. The number of aromatic nitrogens is 2. The Hall–Kier alpha value is -1.12. The number of carbonyl (C=O) groups excluding carboxylic acids is 1. The average molecular weight is 364 g/mol. The van der Waals surface area contributed by atoms with Gasteiger partial charge in [0.15, 0.2) is 0 Å². The topological polar surface area (TPSA) is 81.5 Å². The fourth-order valence-electron chi connectivity index (χ4n) is 2.93. The number of piperidine rings is 1. The quantitative estimate of drug-likeness (QED) is 0.746. The van der Waals surface area contributed by atoms with Gasteiger partial charge in [-0.05, 0) is 26.7 Å². The molecule has 130 valence electrons. The van der Waals surface area contributed by atoms with Crippen molar-refractivity contribution in [1.29, 1.82) is 0 Å². The van der Waals surface area contributed by atoms with Gasteiger partial charge in [0.1, 0.15) is 10.0 Å². The second kappa shape index (κ2) is 7.19. The van der Waals surface area contributed by atoms with Crippen molar-refractivity contribution in [1.82, 2.24) is 14.1 Å². The predicted octanol–water partition coefficient (Wildman–Crippen LogP) is 1.88. The van der Waals surface area contributed by atoms with Gasteiger partial charge in [0, 0.05) is 19.6 Å². The van der Waals surface area contributed by atoms with Crippen molar-refractivity contribution < 1.29 is 17.9 Å². The molecule has 1 aliphatic heterocycles. The van der Waals surface area contributed by atoms with Crippen molar-refractivity contribution in [3.05, 3.63) is 10.8 Å². The lowest BCUT2D eigenvalue weighted by atomic mass is 10.0. The summed E-state index contributed by atoms with van der Waals surface area (Å²) in [6, 6.07) is -0.400. The number of esters is 1. The molecule has 0 bridgehead atoms. The zero-order valence-electron chi connectivity index (χ0n) is 13.6. The van der Waals surface area contributed by atoms with E-state index in [1.54, 1.807) is 20.9 Å². The summed E-state index contributed by atoms with van der Waals surface area (Å²) < 4.78 is 33.7. The van der Waals surface area contributed by atoms with Crippen molar-refractivity contribution >= 4 is 27.6 Å². The van der Waals surface area contributed by atoms with Crippen molar-refractivity contribution in [2.24, 2.45) is 7.05 Å². The summed E-state index contributed by atoms with van der Waals surface area (Å²) in [7, 11) is -2.20. The average Bonchev–Trinajstić information content (AvgIpc) is 2.73. The zero-order chi connectivity index (χ0) is 17.2. The van der Waals surface area contributed by atoms with Gasteiger partial charge in [-0.25, -0.2) is 8.42 Å². The Balaban J connectivity index is 2.33. The van der Waals surface area contributed by atoms with E-state index in [1.807, 2.05) is 0 Å². The number of ether oxygens (including phenoxy) is 1. The van der Waals surface area contributed by atoms with Crippen LogP contribution in [0.1, 0.15) is 38.3 Å². The summed E-state index contributed by atoms with van der Waals surface area (Å²) in [6.45, 7) is 4.00. The van der Waals surface area contributed by atoms with Crippen LogP contribution < -0.4 is 0 Å². The number of halogens is 1. The molecule has 0 saturated carbocycles. The molecule has 1 aromatic rings. The van der Waals surface area contributed by atoms with Crippen molar-refractivity contribution in [2.45, 2.75) is 50.5 Å². The number of carbonyl (C=O) groups is 1. The Bertz CT molecular complexity index is 686. The fraction of sp³-hybridized carbons (Fsp3) is 0.714. The molecule has 1 aromatic heterocycles. The van der Waals surface area contributed by atoms with E-state index in [0.29, 0.717) is 18.7 Å². The summed E-state index contributed by atoms with van der Waals surface area (Å²) in [5.41, 5.74) is 0.359. The monoisotopic (exact) mass is 363 g/mol. The number of sulfonamides is 1. The van der Waals surface area contributed by atoms with Gasteiger partial charge < -0.3 is 4.74 Å². The van der Waals surface area contributed by atoms with E-state index in [0.717, 1.165) is 12.8 Å². The number of hydrogen-bond acceptors (Lipinski definition) is 5. The van der Waals surface area contributed by atoms with Crippen LogP contribution in [0.25, 0.3) is 0 Å². The van der Waals surface area contributed by atoms with Gasteiger partial charge in [0.05, 0.1) is 18.7 Å². The Morgan fingerprint density at radius 2 is 2.13 bits per heavy atom. The third-order valence-electron chi connectivity index (χ3n) is 3.95. The highest BCUT2D eigenvalue weighted by Gasteiger charge is 2.38. The van der Waals surface area contributed by atoms with E-state index in [9.17, 15) is 13.2 Å². The highest BCUT2D eigenvalue weighted by molar-refractivity contribution is 7.89. The standard InChI is InChI=1S/C14H22ClN3O4S/c1-4-22-12(19)9-11-7-5-6-8-18(11)23(20,21)13-10(2)16-17(3)14(13)15/h11H,4-9H2,1-3H3. The third kappa shape index (κ3) is 3.70. The molecular weight excluding hydrogens is 342 g/mol. The zero-order valence-corrected chi connectivity index (χ0v) is 15.2. The van der Waals surface area contributed by atoms with E-state index in [1.165, 1.54) is 8.99 Å². The van der Waals surface area contributed by atoms with Crippen LogP contribution in [0.5, 0.6) is 0 Å². The molecule has 1 atom stereocenters. The molecule has 1 fully saturated rings. The minimum absolute atomic E-state index is 0.0254. The maximum atomic E-state index is 13.0. The predicted molar refractivity (Wildman–Crippen MR) is 85.7 cm³/mol. The normalized spacial score (nSPS) is 19.7. The summed E-state index contributed by atoms with van der Waals surface area (Å²) >= 11 is 6.12. The van der Waals surface area contributed by atoms with Gasteiger partial charge in [-0.1, -0.05) is 18.0 Å². The van der Waals surface area contributed by atoms with Crippen LogP contribution in [0.3, 0.4) is 0 Å². The second-order valence-corrected chi connectivity index (χ2v) is 7.79. The van der Waals surface area contributed by atoms with Crippen molar-refractivity contribution in [3.63, 3.8) is 0 Å². The first-order valence-corrected chi connectivity index (χ1v) is 9.47. The molecule has 0 radical (unpaired) electrons. The van der Waals surface area contributed by atoms with Crippen LogP contribution in [0.15, 0.2) is 4.90 Å². The molecule has 9 heteroatoms. The molecule has 23 heavy (non-hydrogen) atoms. The van der Waals surface area contributed by atoms with E-state index in [-0.39, 0.29) is 29.0 Å². The van der Waals surface area contributed by atoms with Crippen LogP contribution in [0.2, 0.25) is 5.15 Å². The summed E-state index contributed by atoms with van der Waals surface area (Å²) in [5.74, 6) is -0.381. The van der Waals surface area contributed by atoms with Gasteiger partial charge in [-0.15, -0.1) is 0 Å². The highest BCUT2D eigenvalue weighted by atomic mass is 35.5. The van der Waals surface area contributed by atoms with Crippen LogP contribution >= 0.6 is 11.6 Å². The van der Waals surface area contributed by atoms with E-state index in [2.05, 4.69) is 5.10 Å². The molecule has 0 amide bonds. The highest BCUT2D eigenvalue weighted by Crippen LogP contribution is 2.32. The van der Waals surface area contributed by atoms with Gasteiger partial charge in [0.25, 0.3) is 0 Å². The summed E-state index contributed by atoms with van der Waals surface area (Å²) in [4.78, 5) is 11.8. The summed E-state index contributed by atoms with van der Waals surface area (Å²) in [6.07, 6.45) is 2.34. The maximum absolute atomic E-state index is 13.0. The first-order chi connectivity index (χ1) is 10.8.